The SMILES string of the molecule is COc1nc(Cl)ncc1C#CCCN=[N+]=[N-]. The smallest absolute Gasteiger partial charge is 0.233 e. The Morgan fingerprint density at radius 3 is 3.19 bits per heavy atom. The van der Waals surface area contributed by atoms with Gasteiger partial charge < -0.3 is 4.74 Å². The third-order valence-electron chi connectivity index (χ3n) is 1.54. The highest BCUT2D eigenvalue weighted by atomic mass is 35.5. The van der Waals surface area contributed by atoms with Gasteiger partial charge in [0.1, 0.15) is 5.56 Å². The van der Waals surface area contributed by atoms with E-state index in [9.17, 15) is 0 Å². The summed E-state index contributed by atoms with van der Waals surface area (Å²) in [5.41, 5.74) is 8.60. The molecule has 0 saturated heterocycles. The molecule has 1 aromatic heterocycles. The van der Waals surface area contributed by atoms with Gasteiger partial charge in [-0.05, 0) is 17.1 Å². The van der Waals surface area contributed by atoms with E-state index < -0.39 is 0 Å². The molecule has 6 nitrogen and oxygen atoms in total. The van der Waals surface area contributed by atoms with Gasteiger partial charge in [-0.15, -0.1) is 0 Å². The van der Waals surface area contributed by atoms with Gasteiger partial charge in [0.25, 0.3) is 0 Å². The molecule has 0 aliphatic carbocycles. The molecule has 1 aromatic rings. The second kappa shape index (κ2) is 6.51. The highest BCUT2D eigenvalue weighted by Crippen LogP contribution is 2.14. The van der Waals surface area contributed by atoms with E-state index in [1.165, 1.54) is 13.3 Å². The van der Waals surface area contributed by atoms with Gasteiger partial charge in [-0.1, -0.05) is 17.0 Å². The lowest BCUT2D eigenvalue weighted by molar-refractivity contribution is 0.395. The first-order valence-corrected chi connectivity index (χ1v) is 4.72. The second-order valence-electron chi connectivity index (χ2n) is 2.57. The van der Waals surface area contributed by atoms with Crippen molar-refractivity contribution in [1.29, 1.82) is 0 Å². The predicted octanol–water partition coefficient (Wildman–Crippen LogP) is 2.19. The average molecular weight is 238 g/mol. The van der Waals surface area contributed by atoms with E-state index in [4.69, 9.17) is 21.9 Å². The van der Waals surface area contributed by atoms with Crippen LogP contribution in [0.4, 0.5) is 0 Å². The summed E-state index contributed by atoms with van der Waals surface area (Å²) < 4.78 is 4.98. The second-order valence-corrected chi connectivity index (χ2v) is 2.91. The first-order valence-electron chi connectivity index (χ1n) is 4.34. The summed E-state index contributed by atoms with van der Waals surface area (Å²) in [5, 5.41) is 3.46. The summed E-state index contributed by atoms with van der Waals surface area (Å²) in [6, 6.07) is 0. The number of azide groups is 1. The fraction of sp³-hybridized carbons (Fsp3) is 0.333. The first-order chi connectivity index (χ1) is 7.77. The fourth-order valence-electron chi connectivity index (χ4n) is 0.896. The van der Waals surface area contributed by atoms with E-state index in [0.717, 1.165) is 0 Å². The minimum atomic E-state index is 0.108. The van der Waals surface area contributed by atoms with Crippen LogP contribution >= 0.6 is 11.6 Å². The minimum Gasteiger partial charge on any atom is -0.480 e. The zero-order chi connectivity index (χ0) is 11.8. The van der Waals surface area contributed by atoms with Crippen LogP contribution in [-0.2, 0) is 0 Å². The third-order valence-corrected chi connectivity index (χ3v) is 1.72. The quantitative estimate of drug-likeness (QED) is 0.202. The average Bonchev–Trinajstić information content (AvgIpc) is 2.30. The van der Waals surface area contributed by atoms with Gasteiger partial charge in [0, 0.05) is 17.9 Å². The van der Waals surface area contributed by atoms with E-state index in [1.807, 2.05) is 0 Å². The monoisotopic (exact) mass is 237 g/mol. The Morgan fingerprint density at radius 1 is 1.69 bits per heavy atom. The fourth-order valence-corrected chi connectivity index (χ4v) is 1.02. The Morgan fingerprint density at radius 2 is 2.50 bits per heavy atom. The van der Waals surface area contributed by atoms with Crippen LogP contribution in [0.2, 0.25) is 5.28 Å². The molecule has 0 bridgehead atoms. The summed E-state index contributed by atoms with van der Waals surface area (Å²) in [6.07, 6.45) is 1.95. The van der Waals surface area contributed by atoms with Gasteiger partial charge in [0.2, 0.25) is 11.2 Å². The number of aromatic nitrogens is 2. The van der Waals surface area contributed by atoms with Crippen LogP contribution in [0, 0.1) is 11.8 Å². The summed E-state index contributed by atoms with van der Waals surface area (Å²) in [5.74, 6) is 5.95. The molecule has 0 fully saturated rings. The molecule has 0 unspecified atom stereocenters. The van der Waals surface area contributed by atoms with Gasteiger partial charge in [0.05, 0.1) is 13.3 Å². The molecule has 0 atom stereocenters. The molecule has 7 heteroatoms. The lowest BCUT2D eigenvalue weighted by Gasteiger charge is -2.00. The number of rotatable bonds is 3. The highest BCUT2D eigenvalue weighted by molar-refractivity contribution is 6.28. The lowest BCUT2D eigenvalue weighted by atomic mass is 10.3. The summed E-state index contributed by atoms with van der Waals surface area (Å²) >= 11 is 5.59. The van der Waals surface area contributed by atoms with Crippen molar-refractivity contribution in [3.05, 3.63) is 27.5 Å². The maximum absolute atomic E-state index is 8.05. The number of halogens is 1. The molecule has 0 saturated carbocycles. The Bertz CT molecular complexity index is 473. The van der Waals surface area contributed by atoms with Crippen molar-refractivity contribution in [2.75, 3.05) is 13.7 Å². The maximum atomic E-state index is 8.05. The molecule has 1 heterocycles. The van der Waals surface area contributed by atoms with E-state index in [1.54, 1.807) is 0 Å². The molecule has 0 N–H and O–H groups in total. The molecular formula is C9H8ClN5O. The van der Waals surface area contributed by atoms with Crippen LogP contribution in [0.3, 0.4) is 0 Å². The summed E-state index contributed by atoms with van der Waals surface area (Å²) in [7, 11) is 1.48. The highest BCUT2D eigenvalue weighted by Gasteiger charge is 2.02. The molecule has 0 amide bonds. The number of methoxy groups -OCH3 is 1. The van der Waals surface area contributed by atoms with Crippen molar-refractivity contribution >= 4 is 11.6 Å². The zero-order valence-corrected chi connectivity index (χ0v) is 9.27. The normalized spacial score (nSPS) is 8.62. The van der Waals surface area contributed by atoms with Crippen LogP contribution in [0.5, 0.6) is 5.88 Å². The van der Waals surface area contributed by atoms with E-state index in [2.05, 4.69) is 31.8 Å². The van der Waals surface area contributed by atoms with Crippen molar-refractivity contribution in [2.45, 2.75) is 6.42 Å². The predicted molar refractivity (Wildman–Crippen MR) is 59.1 cm³/mol. The van der Waals surface area contributed by atoms with Crippen molar-refractivity contribution in [3.63, 3.8) is 0 Å². The van der Waals surface area contributed by atoms with Crippen molar-refractivity contribution in [1.82, 2.24) is 9.97 Å². The van der Waals surface area contributed by atoms with E-state index >= 15 is 0 Å². The van der Waals surface area contributed by atoms with Gasteiger partial charge in [-0.25, -0.2) is 4.98 Å². The molecule has 0 aliphatic rings. The Hall–Kier alpha value is -1.96. The molecule has 82 valence electrons. The Kier molecular flexibility index (Phi) is 4.93. The standard InChI is InChI=1S/C9H8ClN5O/c1-16-8-7(6-12-9(10)14-8)4-2-3-5-13-15-11/h6H,3,5H2,1H3. The molecule has 0 spiro atoms. The zero-order valence-electron chi connectivity index (χ0n) is 8.51. The Labute approximate surface area is 97.2 Å². The number of nitrogens with zero attached hydrogens (tertiary/aromatic N) is 5. The summed E-state index contributed by atoms with van der Waals surface area (Å²) in [6.45, 7) is 0.334. The van der Waals surface area contributed by atoms with Crippen molar-refractivity contribution in [2.24, 2.45) is 5.11 Å². The van der Waals surface area contributed by atoms with Gasteiger partial charge in [-0.2, -0.15) is 4.98 Å². The molecular weight excluding hydrogens is 230 g/mol. The minimum absolute atomic E-state index is 0.108. The van der Waals surface area contributed by atoms with Crippen molar-refractivity contribution in [3.8, 4) is 17.7 Å². The third kappa shape index (κ3) is 3.65. The molecule has 0 aliphatic heterocycles. The van der Waals surface area contributed by atoms with E-state index in [0.29, 0.717) is 24.4 Å². The maximum Gasteiger partial charge on any atom is 0.233 e. The lowest BCUT2D eigenvalue weighted by Crippen LogP contribution is -1.94. The Balaban J connectivity index is 2.75. The molecule has 16 heavy (non-hydrogen) atoms. The first kappa shape index (κ1) is 12.1. The van der Waals surface area contributed by atoms with E-state index in [-0.39, 0.29) is 5.28 Å². The van der Waals surface area contributed by atoms with Crippen LogP contribution < -0.4 is 4.74 Å². The number of hydrogen-bond donors (Lipinski definition) is 0. The molecule has 0 radical (unpaired) electrons. The molecule has 1 rings (SSSR count). The largest absolute Gasteiger partial charge is 0.480 e. The van der Waals surface area contributed by atoms with Crippen molar-refractivity contribution < 1.29 is 4.74 Å². The molecule has 0 aromatic carbocycles. The van der Waals surface area contributed by atoms with Gasteiger partial charge in [0.15, 0.2) is 0 Å². The van der Waals surface area contributed by atoms with Crippen LogP contribution in [-0.4, -0.2) is 23.6 Å². The van der Waals surface area contributed by atoms with Crippen LogP contribution in [0.25, 0.3) is 10.4 Å². The van der Waals surface area contributed by atoms with Crippen LogP contribution in [0.15, 0.2) is 11.3 Å². The number of hydrogen-bond acceptors (Lipinski definition) is 4. The van der Waals surface area contributed by atoms with Crippen LogP contribution in [0.1, 0.15) is 12.0 Å². The summed E-state index contributed by atoms with van der Waals surface area (Å²) in [4.78, 5) is 10.3. The van der Waals surface area contributed by atoms with Gasteiger partial charge >= 0.3 is 0 Å². The number of ether oxygens (including phenoxy) is 1. The topological polar surface area (TPSA) is 83.8 Å². The van der Waals surface area contributed by atoms with Gasteiger partial charge in [-0.3, -0.25) is 0 Å².